The van der Waals surface area contributed by atoms with Crippen molar-refractivity contribution < 1.29 is 4.39 Å². The second-order valence-corrected chi connectivity index (χ2v) is 3.45. The summed E-state index contributed by atoms with van der Waals surface area (Å²) in [6.45, 7) is 2.24. The van der Waals surface area contributed by atoms with Gasteiger partial charge in [-0.1, -0.05) is 0 Å². The van der Waals surface area contributed by atoms with E-state index in [-0.39, 0.29) is 5.82 Å². The molecule has 0 bridgehead atoms. The highest BCUT2D eigenvalue weighted by Gasteiger charge is 2.04. The average Bonchev–Trinajstić information content (AvgIpc) is 2.63. The predicted octanol–water partition coefficient (Wildman–Crippen LogP) is 1.78. The summed E-state index contributed by atoms with van der Waals surface area (Å²) in [5.41, 5.74) is 8.05. The lowest BCUT2D eigenvalue weighted by molar-refractivity contribution is 0.625. The summed E-state index contributed by atoms with van der Waals surface area (Å²) in [6, 6.07) is 4.85. The standard InChI is InChI=1S/C11H12FN3/c1-8-2-9(12)4-10(3-8)15-7-14-6-11(15)5-13/h2-4,6-7H,5,13H2,1H3. The van der Waals surface area contributed by atoms with Crippen molar-refractivity contribution in [1.82, 2.24) is 9.55 Å². The Morgan fingerprint density at radius 1 is 1.40 bits per heavy atom. The number of aromatic nitrogens is 2. The van der Waals surface area contributed by atoms with Crippen LogP contribution in [0, 0.1) is 12.7 Å². The lowest BCUT2D eigenvalue weighted by Gasteiger charge is -2.07. The van der Waals surface area contributed by atoms with Crippen molar-refractivity contribution in [3.05, 3.63) is 47.8 Å². The van der Waals surface area contributed by atoms with E-state index in [0.717, 1.165) is 16.9 Å². The number of hydrogen-bond acceptors (Lipinski definition) is 2. The number of halogens is 1. The van der Waals surface area contributed by atoms with E-state index in [4.69, 9.17) is 5.73 Å². The van der Waals surface area contributed by atoms with E-state index in [2.05, 4.69) is 4.98 Å². The Hall–Kier alpha value is -1.68. The number of nitrogens with two attached hydrogens (primary N) is 1. The van der Waals surface area contributed by atoms with Crippen LogP contribution in [0.25, 0.3) is 5.69 Å². The molecule has 0 fully saturated rings. The summed E-state index contributed by atoms with van der Waals surface area (Å²) in [5.74, 6) is -0.248. The van der Waals surface area contributed by atoms with Gasteiger partial charge in [-0.25, -0.2) is 9.37 Å². The molecule has 0 aliphatic heterocycles. The Labute approximate surface area is 87.4 Å². The largest absolute Gasteiger partial charge is 0.325 e. The van der Waals surface area contributed by atoms with Crippen LogP contribution in [-0.2, 0) is 6.54 Å². The molecule has 0 saturated heterocycles. The molecule has 0 spiro atoms. The normalized spacial score (nSPS) is 10.6. The Balaban J connectivity index is 2.53. The molecule has 0 unspecified atom stereocenters. The van der Waals surface area contributed by atoms with Crippen LogP contribution in [0.2, 0.25) is 0 Å². The van der Waals surface area contributed by atoms with Crippen molar-refractivity contribution in [3.8, 4) is 5.69 Å². The SMILES string of the molecule is Cc1cc(F)cc(-n2cncc2CN)c1. The van der Waals surface area contributed by atoms with Crippen molar-refractivity contribution >= 4 is 0 Å². The third-order valence-electron chi connectivity index (χ3n) is 2.23. The molecule has 1 aromatic heterocycles. The Morgan fingerprint density at radius 2 is 2.20 bits per heavy atom. The highest BCUT2D eigenvalue weighted by molar-refractivity contribution is 5.37. The van der Waals surface area contributed by atoms with Crippen LogP contribution in [0.1, 0.15) is 11.3 Å². The van der Waals surface area contributed by atoms with Crippen LogP contribution in [-0.4, -0.2) is 9.55 Å². The predicted molar refractivity (Wildman–Crippen MR) is 56.2 cm³/mol. The lowest BCUT2D eigenvalue weighted by Crippen LogP contribution is -2.05. The summed E-state index contributed by atoms with van der Waals surface area (Å²) in [5, 5.41) is 0. The quantitative estimate of drug-likeness (QED) is 0.812. The van der Waals surface area contributed by atoms with E-state index in [0.29, 0.717) is 6.54 Å². The smallest absolute Gasteiger partial charge is 0.125 e. The first kappa shape index (κ1) is 9.86. The molecular formula is C11H12FN3. The van der Waals surface area contributed by atoms with Gasteiger partial charge in [0.2, 0.25) is 0 Å². The third kappa shape index (κ3) is 1.89. The molecule has 0 saturated carbocycles. The minimum atomic E-state index is -0.248. The van der Waals surface area contributed by atoms with Crippen molar-refractivity contribution in [2.45, 2.75) is 13.5 Å². The summed E-state index contributed by atoms with van der Waals surface area (Å²) < 4.78 is 15.0. The van der Waals surface area contributed by atoms with Crippen molar-refractivity contribution in [1.29, 1.82) is 0 Å². The number of rotatable bonds is 2. The van der Waals surface area contributed by atoms with Crippen LogP contribution >= 0.6 is 0 Å². The minimum absolute atomic E-state index is 0.248. The van der Waals surface area contributed by atoms with Gasteiger partial charge in [-0.2, -0.15) is 0 Å². The number of nitrogens with zero attached hydrogens (tertiary/aromatic N) is 2. The summed E-state index contributed by atoms with van der Waals surface area (Å²) in [4.78, 5) is 3.99. The molecule has 0 radical (unpaired) electrons. The van der Waals surface area contributed by atoms with E-state index in [9.17, 15) is 4.39 Å². The molecule has 2 N–H and O–H groups in total. The zero-order valence-corrected chi connectivity index (χ0v) is 8.44. The molecule has 0 aliphatic carbocycles. The van der Waals surface area contributed by atoms with E-state index < -0.39 is 0 Å². The van der Waals surface area contributed by atoms with Gasteiger partial charge in [-0.3, -0.25) is 0 Å². The molecule has 3 nitrogen and oxygen atoms in total. The third-order valence-corrected chi connectivity index (χ3v) is 2.23. The van der Waals surface area contributed by atoms with Gasteiger partial charge in [0.05, 0.1) is 12.0 Å². The molecule has 1 heterocycles. The number of hydrogen-bond donors (Lipinski definition) is 1. The summed E-state index contributed by atoms with van der Waals surface area (Å²) >= 11 is 0. The Morgan fingerprint density at radius 3 is 2.87 bits per heavy atom. The van der Waals surface area contributed by atoms with Gasteiger partial charge in [0, 0.05) is 18.4 Å². The maximum Gasteiger partial charge on any atom is 0.125 e. The maximum atomic E-state index is 13.2. The minimum Gasteiger partial charge on any atom is -0.325 e. The molecule has 4 heteroatoms. The number of aryl methyl sites for hydroxylation is 1. The number of benzene rings is 1. The monoisotopic (exact) mass is 205 g/mol. The fraction of sp³-hybridized carbons (Fsp3) is 0.182. The molecule has 0 atom stereocenters. The first-order valence-electron chi connectivity index (χ1n) is 4.69. The topological polar surface area (TPSA) is 43.8 Å². The molecule has 0 aliphatic rings. The van der Waals surface area contributed by atoms with Crippen LogP contribution in [0.15, 0.2) is 30.7 Å². The molecule has 2 rings (SSSR count). The van der Waals surface area contributed by atoms with E-state index >= 15 is 0 Å². The number of imidazole rings is 1. The summed E-state index contributed by atoms with van der Waals surface area (Å²) in [6.07, 6.45) is 3.32. The fourth-order valence-electron chi connectivity index (χ4n) is 1.56. The lowest BCUT2D eigenvalue weighted by atomic mass is 10.2. The molecule has 15 heavy (non-hydrogen) atoms. The second-order valence-electron chi connectivity index (χ2n) is 3.45. The molecule has 78 valence electrons. The first-order chi connectivity index (χ1) is 7.20. The van der Waals surface area contributed by atoms with Crippen LogP contribution in [0.4, 0.5) is 4.39 Å². The zero-order chi connectivity index (χ0) is 10.8. The molecule has 2 aromatic rings. The summed E-state index contributed by atoms with van der Waals surface area (Å²) in [7, 11) is 0. The Kier molecular flexibility index (Phi) is 2.51. The van der Waals surface area contributed by atoms with Gasteiger partial charge in [0.1, 0.15) is 5.82 Å². The van der Waals surface area contributed by atoms with Crippen LogP contribution in [0.3, 0.4) is 0 Å². The van der Waals surface area contributed by atoms with Gasteiger partial charge < -0.3 is 10.3 Å². The van der Waals surface area contributed by atoms with Crippen LogP contribution in [0.5, 0.6) is 0 Å². The highest BCUT2D eigenvalue weighted by atomic mass is 19.1. The van der Waals surface area contributed by atoms with E-state index in [1.807, 2.05) is 13.0 Å². The Bertz CT molecular complexity index is 456. The molecule has 1 aromatic carbocycles. The van der Waals surface area contributed by atoms with Gasteiger partial charge in [0.15, 0.2) is 0 Å². The van der Waals surface area contributed by atoms with E-state index in [1.54, 1.807) is 17.1 Å². The zero-order valence-electron chi connectivity index (χ0n) is 8.44. The van der Waals surface area contributed by atoms with Crippen LogP contribution < -0.4 is 5.73 Å². The highest BCUT2D eigenvalue weighted by Crippen LogP contribution is 2.14. The van der Waals surface area contributed by atoms with Gasteiger partial charge in [0.25, 0.3) is 0 Å². The van der Waals surface area contributed by atoms with Gasteiger partial charge in [-0.15, -0.1) is 0 Å². The van der Waals surface area contributed by atoms with Gasteiger partial charge in [-0.05, 0) is 30.7 Å². The van der Waals surface area contributed by atoms with Gasteiger partial charge >= 0.3 is 0 Å². The fourth-order valence-corrected chi connectivity index (χ4v) is 1.56. The molecule has 0 amide bonds. The van der Waals surface area contributed by atoms with Crippen molar-refractivity contribution in [2.24, 2.45) is 5.73 Å². The maximum absolute atomic E-state index is 13.2. The van der Waals surface area contributed by atoms with Crippen molar-refractivity contribution in [2.75, 3.05) is 0 Å². The molecular weight excluding hydrogens is 193 g/mol. The van der Waals surface area contributed by atoms with E-state index in [1.165, 1.54) is 12.1 Å². The second kappa shape index (κ2) is 3.82. The van der Waals surface area contributed by atoms with Crippen molar-refractivity contribution in [3.63, 3.8) is 0 Å². The average molecular weight is 205 g/mol. The first-order valence-corrected chi connectivity index (χ1v) is 4.69.